The number of hydrazone groups is 1. The zero-order valence-corrected chi connectivity index (χ0v) is 14.9. The maximum Gasteiger partial charge on any atom is 0.303 e. The summed E-state index contributed by atoms with van der Waals surface area (Å²) in [5.74, 6) is 0.625. The fourth-order valence-electron chi connectivity index (χ4n) is 2.24. The number of hydrogen-bond acceptors (Lipinski definition) is 7. The van der Waals surface area contributed by atoms with E-state index in [1.807, 2.05) is 31.2 Å². The first kappa shape index (κ1) is 19.4. The van der Waals surface area contributed by atoms with Crippen molar-refractivity contribution in [2.24, 2.45) is 10.1 Å². The van der Waals surface area contributed by atoms with Crippen LogP contribution in [0.2, 0.25) is 0 Å². The van der Waals surface area contributed by atoms with Gasteiger partial charge in [-0.15, -0.1) is 0 Å². The molecule has 0 unspecified atom stereocenters. The molecule has 0 saturated carbocycles. The largest absolute Gasteiger partial charge is 0.491 e. The third-order valence-electron chi connectivity index (χ3n) is 3.59. The van der Waals surface area contributed by atoms with E-state index in [2.05, 4.69) is 25.8 Å². The van der Waals surface area contributed by atoms with Crippen LogP contribution >= 0.6 is 0 Å². The highest BCUT2D eigenvalue weighted by atomic mass is 16.5. The fraction of sp³-hybridized carbons (Fsp3) is 0.444. The van der Waals surface area contributed by atoms with Crippen LogP contribution in [0.4, 0.5) is 0 Å². The van der Waals surface area contributed by atoms with Gasteiger partial charge in [0.05, 0.1) is 18.9 Å². The molecule has 0 saturated heterocycles. The van der Waals surface area contributed by atoms with Gasteiger partial charge in [0.1, 0.15) is 11.4 Å². The lowest BCUT2D eigenvalue weighted by Crippen LogP contribution is -2.30. The second-order valence-electron chi connectivity index (χ2n) is 5.80. The Kier molecular flexibility index (Phi) is 8.11. The molecule has 1 aliphatic rings. The highest BCUT2D eigenvalue weighted by molar-refractivity contribution is 5.97. The van der Waals surface area contributed by atoms with E-state index in [-0.39, 0.29) is 6.42 Å². The number of rotatable bonds is 10. The van der Waals surface area contributed by atoms with Gasteiger partial charge in [0, 0.05) is 19.2 Å². The maximum absolute atomic E-state index is 10.5. The normalized spacial score (nSPS) is 14.2. The van der Waals surface area contributed by atoms with Crippen LogP contribution in [-0.2, 0) is 4.79 Å². The molecule has 8 nitrogen and oxygen atoms in total. The third kappa shape index (κ3) is 7.33. The van der Waals surface area contributed by atoms with Crippen molar-refractivity contribution in [3.05, 3.63) is 30.1 Å². The summed E-state index contributed by atoms with van der Waals surface area (Å²) in [5.41, 5.74) is 4.39. The van der Waals surface area contributed by atoms with Crippen LogP contribution in [0.15, 0.2) is 34.5 Å². The Labute approximate surface area is 153 Å². The molecule has 0 amide bonds. The molecule has 2 rings (SSSR count). The lowest BCUT2D eigenvalue weighted by molar-refractivity contribution is -0.137. The van der Waals surface area contributed by atoms with E-state index in [0.29, 0.717) is 24.7 Å². The molecule has 8 heteroatoms. The first-order valence-corrected chi connectivity index (χ1v) is 8.71. The van der Waals surface area contributed by atoms with Gasteiger partial charge in [-0.3, -0.25) is 9.78 Å². The molecule has 1 aromatic heterocycles. The molecule has 0 aromatic carbocycles. The quantitative estimate of drug-likeness (QED) is 0.335. The molecule has 2 heterocycles. The molecule has 0 spiro atoms. The van der Waals surface area contributed by atoms with Crippen molar-refractivity contribution in [3.63, 3.8) is 0 Å². The molecule has 26 heavy (non-hydrogen) atoms. The molecule has 0 radical (unpaired) electrons. The number of carboxylic acids is 1. The van der Waals surface area contributed by atoms with Crippen molar-refractivity contribution >= 4 is 23.7 Å². The Hall–Kier alpha value is -2.90. The number of pyridine rings is 1. The Morgan fingerprint density at radius 2 is 2.35 bits per heavy atom. The number of carboxylic acid groups (broad SMARTS) is 1. The van der Waals surface area contributed by atoms with E-state index in [4.69, 9.17) is 9.84 Å². The Bertz CT molecular complexity index is 685. The van der Waals surface area contributed by atoms with Crippen LogP contribution in [0.3, 0.4) is 0 Å². The van der Waals surface area contributed by atoms with Crippen molar-refractivity contribution in [2.75, 3.05) is 19.7 Å². The van der Waals surface area contributed by atoms with Crippen LogP contribution in [0.1, 0.15) is 38.3 Å². The highest BCUT2D eigenvalue weighted by Gasteiger charge is 2.03. The summed E-state index contributed by atoms with van der Waals surface area (Å²) in [4.78, 5) is 19.0. The summed E-state index contributed by atoms with van der Waals surface area (Å²) < 4.78 is 5.77. The van der Waals surface area contributed by atoms with Crippen molar-refractivity contribution in [1.82, 2.24) is 15.7 Å². The van der Waals surface area contributed by atoms with Crippen LogP contribution < -0.4 is 15.5 Å². The zero-order chi connectivity index (χ0) is 18.6. The van der Waals surface area contributed by atoms with E-state index in [9.17, 15) is 4.79 Å². The van der Waals surface area contributed by atoms with Gasteiger partial charge in [0.15, 0.2) is 0 Å². The predicted molar refractivity (Wildman–Crippen MR) is 101 cm³/mol. The molecule has 0 fully saturated rings. The number of guanidine groups is 1. The smallest absolute Gasteiger partial charge is 0.303 e. The van der Waals surface area contributed by atoms with Crippen LogP contribution in [0.5, 0.6) is 5.75 Å². The topological polar surface area (TPSA) is 108 Å². The molecule has 140 valence electrons. The number of hydrogen-bond donors (Lipinski definition) is 3. The van der Waals surface area contributed by atoms with E-state index >= 15 is 0 Å². The number of unbranched alkanes of at least 4 members (excludes halogenated alkanes) is 2. The summed E-state index contributed by atoms with van der Waals surface area (Å²) in [5, 5.41) is 15.9. The predicted octanol–water partition coefficient (Wildman–Crippen LogP) is 2.04. The van der Waals surface area contributed by atoms with E-state index in [1.54, 1.807) is 6.20 Å². The minimum Gasteiger partial charge on any atom is -0.491 e. The van der Waals surface area contributed by atoms with Crippen LogP contribution in [-0.4, -0.2) is 47.4 Å². The van der Waals surface area contributed by atoms with Gasteiger partial charge in [0.25, 0.3) is 0 Å². The van der Waals surface area contributed by atoms with Gasteiger partial charge in [-0.05, 0) is 50.5 Å². The standard InChI is InChI=1S/C18H25N5O3/c1-14(22-23-18-20-11-12-21-18)8-9-15-16(6-5-10-19-15)26-13-4-2-3-7-17(24)25/h5-6,8-10H,2-4,7,11-13H2,1H3,(H,24,25)(H2,20,21,23)/b9-8+,22-14+. The van der Waals surface area contributed by atoms with Crippen molar-refractivity contribution in [2.45, 2.75) is 32.6 Å². The molecule has 1 aliphatic heterocycles. The second kappa shape index (κ2) is 10.9. The molecule has 0 bridgehead atoms. The van der Waals surface area contributed by atoms with E-state index in [1.165, 1.54) is 0 Å². The van der Waals surface area contributed by atoms with Gasteiger partial charge >= 0.3 is 5.97 Å². The van der Waals surface area contributed by atoms with Gasteiger partial charge in [-0.2, -0.15) is 5.10 Å². The second-order valence-corrected chi connectivity index (χ2v) is 5.80. The summed E-state index contributed by atoms with van der Waals surface area (Å²) in [7, 11) is 0. The number of ether oxygens (including phenoxy) is 1. The zero-order valence-electron chi connectivity index (χ0n) is 14.9. The highest BCUT2D eigenvalue weighted by Crippen LogP contribution is 2.17. The summed E-state index contributed by atoms with van der Waals surface area (Å²) in [6.07, 6.45) is 7.92. The first-order valence-electron chi connectivity index (χ1n) is 8.71. The summed E-state index contributed by atoms with van der Waals surface area (Å²) in [6.45, 7) is 4.01. The average molecular weight is 359 g/mol. The van der Waals surface area contributed by atoms with Crippen molar-refractivity contribution in [3.8, 4) is 5.75 Å². The lowest BCUT2D eigenvalue weighted by atomic mass is 10.2. The Morgan fingerprint density at radius 1 is 1.46 bits per heavy atom. The summed E-state index contributed by atoms with van der Waals surface area (Å²) in [6, 6.07) is 3.69. The number of carbonyl (C=O) groups is 1. The molecular weight excluding hydrogens is 334 g/mol. The van der Waals surface area contributed by atoms with Gasteiger partial charge in [-0.25, -0.2) is 10.4 Å². The monoisotopic (exact) mass is 359 g/mol. The minimum absolute atomic E-state index is 0.204. The van der Waals surface area contributed by atoms with Crippen LogP contribution in [0.25, 0.3) is 6.08 Å². The Morgan fingerprint density at radius 3 is 3.12 bits per heavy atom. The fourth-order valence-corrected chi connectivity index (χ4v) is 2.24. The molecule has 3 N–H and O–H groups in total. The van der Waals surface area contributed by atoms with Crippen molar-refractivity contribution < 1.29 is 14.6 Å². The maximum atomic E-state index is 10.5. The Balaban J connectivity index is 1.81. The number of nitrogens with one attached hydrogen (secondary N) is 2. The van der Waals surface area contributed by atoms with Gasteiger partial charge < -0.3 is 15.2 Å². The average Bonchev–Trinajstić information content (AvgIpc) is 3.15. The first-order chi connectivity index (χ1) is 12.6. The summed E-state index contributed by atoms with van der Waals surface area (Å²) >= 11 is 0. The third-order valence-corrected chi connectivity index (χ3v) is 3.59. The number of allylic oxidation sites excluding steroid dienone is 1. The minimum atomic E-state index is -0.757. The lowest BCUT2D eigenvalue weighted by Gasteiger charge is -2.08. The number of aromatic nitrogens is 1. The number of aliphatic imine (C=N–C) groups is 1. The molecule has 0 atom stereocenters. The van der Waals surface area contributed by atoms with E-state index < -0.39 is 5.97 Å². The van der Waals surface area contributed by atoms with Gasteiger partial charge in [0.2, 0.25) is 5.96 Å². The van der Waals surface area contributed by atoms with E-state index in [0.717, 1.165) is 37.3 Å². The molecular formula is C18H25N5O3. The van der Waals surface area contributed by atoms with Crippen molar-refractivity contribution in [1.29, 1.82) is 0 Å². The van der Waals surface area contributed by atoms with Crippen LogP contribution in [0, 0.1) is 0 Å². The number of aliphatic carboxylic acids is 1. The number of nitrogens with zero attached hydrogens (tertiary/aromatic N) is 3. The molecule has 1 aromatic rings. The SMILES string of the molecule is CC(/C=C/c1ncccc1OCCCCCC(=O)O)=N\NC1=NCCN1. The molecule has 0 aliphatic carbocycles. The van der Waals surface area contributed by atoms with Gasteiger partial charge in [-0.1, -0.05) is 0 Å².